The standard InChI is InChI=1S/C19H22N2O6S/c1-13-18(28(24,25)21-11-9-15(10-12-21)19(22)23)17(27-20-13)8-5-14-3-6-16(26-2)7-4-14/h3-8,15H,9-12H2,1-2H3,(H,22,23). The minimum Gasteiger partial charge on any atom is -0.497 e. The van der Waals surface area contributed by atoms with Crippen molar-refractivity contribution in [3.8, 4) is 5.75 Å². The Bertz CT molecular complexity index is 970. The normalized spacial score (nSPS) is 16.5. The fourth-order valence-corrected chi connectivity index (χ4v) is 4.88. The molecular formula is C19H22N2O6S. The number of sulfonamides is 1. The number of carbonyl (C=O) groups is 1. The van der Waals surface area contributed by atoms with Crippen molar-refractivity contribution in [3.63, 3.8) is 0 Å². The predicted octanol–water partition coefficient (Wildman–Crippen LogP) is 2.65. The van der Waals surface area contributed by atoms with Crippen molar-refractivity contribution in [2.24, 2.45) is 5.92 Å². The highest BCUT2D eigenvalue weighted by atomic mass is 32.2. The second-order valence-electron chi connectivity index (χ2n) is 6.58. The van der Waals surface area contributed by atoms with Crippen LogP contribution in [0.4, 0.5) is 0 Å². The molecule has 0 unspecified atom stereocenters. The molecule has 1 saturated heterocycles. The number of carboxylic acids is 1. The lowest BCUT2D eigenvalue weighted by atomic mass is 9.99. The molecule has 1 aliphatic rings. The van der Waals surface area contributed by atoms with Gasteiger partial charge in [0.1, 0.15) is 11.4 Å². The Labute approximate surface area is 163 Å². The van der Waals surface area contributed by atoms with Gasteiger partial charge in [0, 0.05) is 13.1 Å². The molecule has 1 aromatic carbocycles. The number of aryl methyl sites for hydroxylation is 1. The molecular weight excluding hydrogens is 384 g/mol. The lowest BCUT2D eigenvalue weighted by molar-refractivity contribution is -0.142. The van der Waals surface area contributed by atoms with Crippen LogP contribution in [0.1, 0.15) is 29.9 Å². The van der Waals surface area contributed by atoms with Crippen molar-refractivity contribution in [2.45, 2.75) is 24.7 Å². The van der Waals surface area contributed by atoms with E-state index in [-0.39, 0.29) is 42.3 Å². The largest absolute Gasteiger partial charge is 0.497 e. The third-order valence-corrected chi connectivity index (χ3v) is 6.83. The lowest BCUT2D eigenvalue weighted by Crippen LogP contribution is -2.40. The lowest BCUT2D eigenvalue weighted by Gasteiger charge is -2.29. The van der Waals surface area contributed by atoms with E-state index in [1.54, 1.807) is 38.3 Å². The fourth-order valence-electron chi connectivity index (χ4n) is 3.16. The van der Waals surface area contributed by atoms with Crippen molar-refractivity contribution >= 4 is 28.1 Å². The number of ether oxygens (including phenoxy) is 1. The van der Waals surface area contributed by atoms with E-state index in [0.717, 1.165) is 11.3 Å². The summed E-state index contributed by atoms with van der Waals surface area (Å²) in [6.07, 6.45) is 3.87. The first-order chi connectivity index (χ1) is 13.3. The van der Waals surface area contributed by atoms with Crippen molar-refractivity contribution in [3.05, 3.63) is 41.3 Å². The van der Waals surface area contributed by atoms with E-state index in [9.17, 15) is 13.2 Å². The van der Waals surface area contributed by atoms with Crippen LogP contribution in [0, 0.1) is 12.8 Å². The van der Waals surface area contributed by atoms with Crippen LogP contribution in [0.3, 0.4) is 0 Å². The van der Waals surface area contributed by atoms with Crippen LogP contribution in [0.15, 0.2) is 33.7 Å². The van der Waals surface area contributed by atoms with E-state index >= 15 is 0 Å². The molecule has 1 aromatic heterocycles. The summed E-state index contributed by atoms with van der Waals surface area (Å²) in [5, 5.41) is 12.9. The molecule has 0 amide bonds. The number of aromatic nitrogens is 1. The molecule has 0 saturated carbocycles. The maximum absolute atomic E-state index is 13.1. The monoisotopic (exact) mass is 406 g/mol. The van der Waals surface area contributed by atoms with Crippen molar-refractivity contribution in [1.29, 1.82) is 0 Å². The zero-order valence-electron chi connectivity index (χ0n) is 15.7. The third kappa shape index (κ3) is 4.10. The van der Waals surface area contributed by atoms with Gasteiger partial charge in [0.2, 0.25) is 10.0 Å². The predicted molar refractivity (Wildman–Crippen MR) is 102 cm³/mol. The Hall–Kier alpha value is -2.65. The number of rotatable bonds is 6. The molecule has 8 nitrogen and oxygen atoms in total. The van der Waals surface area contributed by atoms with E-state index < -0.39 is 21.9 Å². The van der Waals surface area contributed by atoms with Gasteiger partial charge in [-0.05, 0) is 43.5 Å². The van der Waals surface area contributed by atoms with Crippen molar-refractivity contribution in [2.75, 3.05) is 20.2 Å². The van der Waals surface area contributed by atoms with Crippen LogP contribution < -0.4 is 4.74 Å². The van der Waals surface area contributed by atoms with Crippen LogP contribution in [0.2, 0.25) is 0 Å². The number of piperidine rings is 1. The second-order valence-corrected chi connectivity index (χ2v) is 8.46. The fraction of sp³-hybridized carbons (Fsp3) is 0.368. The van der Waals surface area contributed by atoms with Gasteiger partial charge in [-0.1, -0.05) is 23.4 Å². The molecule has 2 heterocycles. The summed E-state index contributed by atoms with van der Waals surface area (Å²) in [4.78, 5) is 11.1. The first-order valence-electron chi connectivity index (χ1n) is 8.84. The molecule has 2 aromatic rings. The van der Waals surface area contributed by atoms with Crippen LogP contribution >= 0.6 is 0 Å². The van der Waals surface area contributed by atoms with E-state index in [2.05, 4.69) is 5.16 Å². The molecule has 0 radical (unpaired) electrons. The van der Waals surface area contributed by atoms with Gasteiger partial charge in [0.05, 0.1) is 13.0 Å². The molecule has 0 bridgehead atoms. The summed E-state index contributed by atoms with van der Waals surface area (Å²) in [6, 6.07) is 7.28. The molecule has 150 valence electrons. The van der Waals surface area contributed by atoms with Crippen molar-refractivity contribution < 1.29 is 27.6 Å². The molecule has 28 heavy (non-hydrogen) atoms. The van der Waals surface area contributed by atoms with Gasteiger partial charge < -0.3 is 14.4 Å². The van der Waals surface area contributed by atoms with Gasteiger partial charge in [0.25, 0.3) is 0 Å². The van der Waals surface area contributed by atoms with E-state index in [1.165, 1.54) is 4.31 Å². The van der Waals surface area contributed by atoms with Crippen molar-refractivity contribution in [1.82, 2.24) is 9.46 Å². The zero-order chi connectivity index (χ0) is 20.3. The minimum atomic E-state index is -3.83. The zero-order valence-corrected chi connectivity index (χ0v) is 16.5. The SMILES string of the molecule is COc1ccc(C=Cc2onc(C)c2S(=O)(=O)N2CCC(C(=O)O)CC2)cc1. The number of carboxylic acid groups (broad SMARTS) is 1. The molecule has 3 rings (SSSR count). The molecule has 0 atom stereocenters. The Balaban J connectivity index is 1.83. The summed E-state index contributed by atoms with van der Waals surface area (Å²) >= 11 is 0. The number of hydrogen-bond acceptors (Lipinski definition) is 6. The number of benzene rings is 1. The highest BCUT2D eigenvalue weighted by Crippen LogP contribution is 2.29. The maximum Gasteiger partial charge on any atom is 0.306 e. The molecule has 0 spiro atoms. The molecule has 0 aliphatic carbocycles. The average molecular weight is 406 g/mol. The summed E-state index contributed by atoms with van der Waals surface area (Å²) in [5.41, 5.74) is 1.12. The Kier molecular flexibility index (Phi) is 5.85. The Morgan fingerprint density at radius 3 is 2.46 bits per heavy atom. The smallest absolute Gasteiger partial charge is 0.306 e. The summed E-state index contributed by atoms with van der Waals surface area (Å²) in [5.74, 6) is -0.528. The quantitative estimate of drug-likeness (QED) is 0.785. The number of hydrogen-bond donors (Lipinski definition) is 1. The summed E-state index contributed by atoms with van der Waals surface area (Å²) in [7, 11) is -2.25. The molecule has 1 aliphatic heterocycles. The van der Waals surface area contributed by atoms with Crippen LogP contribution in [0.5, 0.6) is 5.75 Å². The number of aliphatic carboxylic acids is 1. The first kappa shape index (κ1) is 20.1. The summed E-state index contributed by atoms with van der Waals surface area (Å²) < 4.78 is 37.8. The van der Waals surface area contributed by atoms with Gasteiger partial charge in [0.15, 0.2) is 10.7 Å². The maximum atomic E-state index is 13.1. The molecule has 1 N–H and O–H groups in total. The Morgan fingerprint density at radius 1 is 1.25 bits per heavy atom. The minimum absolute atomic E-state index is 0.0195. The molecule has 9 heteroatoms. The highest BCUT2D eigenvalue weighted by Gasteiger charge is 2.35. The van der Waals surface area contributed by atoms with Gasteiger partial charge in [-0.25, -0.2) is 8.42 Å². The van der Waals surface area contributed by atoms with E-state index in [1.807, 2.05) is 12.1 Å². The van der Waals surface area contributed by atoms with Gasteiger partial charge in [-0.2, -0.15) is 4.31 Å². The number of methoxy groups -OCH3 is 1. The van der Waals surface area contributed by atoms with Crippen LogP contribution in [0.25, 0.3) is 12.2 Å². The average Bonchev–Trinajstić information content (AvgIpc) is 3.08. The third-order valence-electron chi connectivity index (χ3n) is 4.78. The summed E-state index contributed by atoms with van der Waals surface area (Å²) in [6.45, 7) is 1.89. The van der Waals surface area contributed by atoms with E-state index in [4.69, 9.17) is 14.4 Å². The van der Waals surface area contributed by atoms with Gasteiger partial charge in [-0.3, -0.25) is 4.79 Å². The van der Waals surface area contributed by atoms with Gasteiger partial charge >= 0.3 is 5.97 Å². The van der Waals surface area contributed by atoms with Crippen LogP contribution in [-0.2, 0) is 14.8 Å². The van der Waals surface area contributed by atoms with Gasteiger partial charge in [-0.15, -0.1) is 0 Å². The highest BCUT2D eigenvalue weighted by molar-refractivity contribution is 7.89. The topological polar surface area (TPSA) is 110 Å². The second kappa shape index (κ2) is 8.15. The number of nitrogens with zero attached hydrogens (tertiary/aromatic N) is 2. The van der Waals surface area contributed by atoms with E-state index in [0.29, 0.717) is 0 Å². The first-order valence-corrected chi connectivity index (χ1v) is 10.3. The molecule has 1 fully saturated rings. The van der Waals surface area contributed by atoms with Crippen LogP contribution in [-0.4, -0.2) is 49.2 Å². The Morgan fingerprint density at radius 2 is 1.89 bits per heavy atom.